The lowest BCUT2D eigenvalue weighted by Crippen LogP contribution is -2.50. The Kier molecular flexibility index (Phi) is 4.13. The molecule has 0 unspecified atom stereocenters. The fourth-order valence-electron chi connectivity index (χ4n) is 3.00. The zero-order chi connectivity index (χ0) is 15.4. The van der Waals surface area contributed by atoms with Gasteiger partial charge in [-0.3, -0.25) is 4.79 Å². The molecule has 7 heteroatoms. The summed E-state index contributed by atoms with van der Waals surface area (Å²) >= 11 is 0. The van der Waals surface area contributed by atoms with Crippen molar-refractivity contribution in [1.29, 1.82) is 0 Å². The molecule has 1 aromatic carbocycles. The molecule has 2 aromatic rings. The number of hydrogen-bond acceptors (Lipinski definition) is 4. The molecular weight excluding hydrogens is 285 g/mol. The molecule has 1 aromatic heterocycles. The number of aromatic nitrogens is 4. The number of halogens is 1. The molecule has 6 nitrogen and oxygen atoms in total. The van der Waals surface area contributed by atoms with Crippen molar-refractivity contribution < 1.29 is 9.18 Å². The number of rotatable bonds is 4. The molecule has 1 aliphatic rings. The number of amides is 1. The highest BCUT2D eigenvalue weighted by Gasteiger charge is 2.42. The quantitative estimate of drug-likeness (QED) is 0.934. The third kappa shape index (κ3) is 2.84. The Labute approximate surface area is 127 Å². The van der Waals surface area contributed by atoms with Crippen molar-refractivity contribution in [1.82, 2.24) is 25.5 Å². The fraction of sp³-hybridized carbons (Fsp3) is 0.467. The van der Waals surface area contributed by atoms with Crippen LogP contribution in [-0.2, 0) is 16.9 Å². The predicted octanol–water partition coefficient (Wildman–Crippen LogP) is 1.79. The van der Waals surface area contributed by atoms with Crippen LogP contribution in [0.25, 0.3) is 0 Å². The normalized spacial score (nSPS) is 17.1. The van der Waals surface area contributed by atoms with E-state index in [1.54, 1.807) is 16.8 Å². The van der Waals surface area contributed by atoms with Crippen molar-refractivity contribution in [2.24, 2.45) is 0 Å². The molecule has 1 N–H and O–H groups in total. The number of tetrazole rings is 1. The van der Waals surface area contributed by atoms with E-state index in [1.165, 1.54) is 18.5 Å². The number of hydrogen-bond donors (Lipinski definition) is 1. The summed E-state index contributed by atoms with van der Waals surface area (Å²) in [6, 6.07) is 6.11. The van der Waals surface area contributed by atoms with Crippen molar-refractivity contribution in [3.63, 3.8) is 0 Å². The van der Waals surface area contributed by atoms with Crippen LogP contribution >= 0.6 is 0 Å². The molecule has 3 rings (SSSR count). The zero-order valence-electron chi connectivity index (χ0n) is 12.2. The van der Waals surface area contributed by atoms with Crippen molar-refractivity contribution in [3.8, 4) is 0 Å². The second-order valence-electron chi connectivity index (χ2n) is 5.66. The van der Waals surface area contributed by atoms with Crippen LogP contribution < -0.4 is 5.32 Å². The lowest BCUT2D eigenvalue weighted by atomic mass is 9.81. The van der Waals surface area contributed by atoms with Crippen LogP contribution in [-0.4, -0.2) is 26.1 Å². The minimum Gasteiger partial charge on any atom is -0.350 e. The van der Waals surface area contributed by atoms with Crippen molar-refractivity contribution in [2.45, 2.75) is 44.2 Å². The van der Waals surface area contributed by atoms with Gasteiger partial charge in [-0.15, -0.1) is 5.10 Å². The van der Waals surface area contributed by atoms with Crippen LogP contribution in [0.1, 0.15) is 37.7 Å². The Bertz CT molecular complexity index is 620. The molecule has 1 amide bonds. The average molecular weight is 303 g/mol. The highest BCUT2D eigenvalue weighted by Crippen LogP contribution is 2.34. The van der Waals surface area contributed by atoms with Crippen LogP contribution in [0, 0.1) is 5.82 Å². The van der Waals surface area contributed by atoms with Gasteiger partial charge in [0.05, 0.1) is 0 Å². The molecule has 1 heterocycles. The zero-order valence-corrected chi connectivity index (χ0v) is 12.2. The summed E-state index contributed by atoms with van der Waals surface area (Å²) in [5.74, 6) is -0.364. The second-order valence-corrected chi connectivity index (χ2v) is 5.66. The summed E-state index contributed by atoms with van der Waals surface area (Å²) in [6.07, 6.45) is 6.03. The van der Waals surface area contributed by atoms with Gasteiger partial charge in [-0.2, -0.15) is 0 Å². The van der Waals surface area contributed by atoms with Gasteiger partial charge >= 0.3 is 0 Å². The van der Waals surface area contributed by atoms with E-state index in [4.69, 9.17) is 0 Å². The molecule has 116 valence electrons. The minimum absolute atomic E-state index is 0.0798. The standard InChI is InChI=1S/C15H18FN5O/c16-13-6-4-12(5-7-13)10-17-14(22)15(8-2-1-3-9-15)21-11-18-19-20-21/h4-7,11H,1-3,8-10H2,(H,17,22). The summed E-state index contributed by atoms with van der Waals surface area (Å²) in [7, 11) is 0. The number of carbonyl (C=O) groups is 1. The molecule has 0 saturated heterocycles. The third-order valence-electron chi connectivity index (χ3n) is 4.26. The molecule has 1 aliphatic carbocycles. The number of nitrogens with zero attached hydrogens (tertiary/aromatic N) is 4. The van der Waals surface area contributed by atoms with Gasteiger partial charge in [-0.1, -0.05) is 31.4 Å². The number of nitrogens with one attached hydrogen (secondary N) is 1. The SMILES string of the molecule is O=C(NCc1ccc(F)cc1)C1(n2cnnn2)CCCCC1. The van der Waals surface area contributed by atoms with E-state index in [-0.39, 0.29) is 11.7 Å². The molecule has 1 fully saturated rings. The van der Waals surface area contributed by atoms with Crippen LogP contribution in [0.5, 0.6) is 0 Å². The largest absolute Gasteiger partial charge is 0.350 e. The molecule has 0 radical (unpaired) electrons. The molecule has 0 atom stereocenters. The van der Waals surface area contributed by atoms with Crippen molar-refractivity contribution in [2.75, 3.05) is 0 Å². The summed E-state index contributed by atoms with van der Waals surface area (Å²) < 4.78 is 14.5. The van der Waals surface area contributed by atoms with E-state index in [2.05, 4.69) is 20.8 Å². The molecule has 22 heavy (non-hydrogen) atoms. The Morgan fingerprint density at radius 2 is 1.95 bits per heavy atom. The summed E-state index contributed by atoms with van der Waals surface area (Å²) in [6.45, 7) is 0.364. The molecule has 1 saturated carbocycles. The maximum Gasteiger partial charge on any atom is 0.248 e. The van der Waals surface area contributed by atoms with E-state index in [0.29, 0.717) is 6.54 Å². The lowest BCUT2D eigenvalue weighted by Gasteiger charge is -2.35. The first-order chi connectivity index (χ1) is 10.7. The highest BCUT2D eigenvalue weighted by molar-refractivity contribution is 5.84. The fourth-order valence-corrected chi connectivity index (χ4v) is 3.00. The Morgan fingerprint density at radius 1 is 1.23 bits per heavy atom. The Hall–Kier alpha value is -2.31. The van der Waals surface area contributed by atoms with Gasteiger partial charge in [0.1, 0.15) is 17.7 Å². The second kappa shape index (κ2) is 6.21. The predicted molar refractivity (Wildman–Crippen MR) is 77.1 cm³/mol. The number of carbonyl (C=O) groups excluding carboxylic acids is 1. The van der Waals surface area contributed by atoms with E-state index in [9.17, 15) is 9.18 Å². The summed E-state index contributed by atoms with van der Waals surface area (Å²) in [5.41, 5.74) is 0.152. The molecule has 0 aliphatic heterocycles. The smallest absolute Gasteiger partial charge is 0.248 e. The van der Waals surface area contributed by atoms with E-state index < -0.39 is 5.54 Å². The Morgan fingerprint density at radius 3 is 2.59 bits per heavy atom. The van der Waals surface area contributed by atoms with E-state index in [0.717, 1.165) is 37.7 Å². The van der Waals surface area contributed by atoms with Gasteiger partial charge in [0.15, 0.2) is 0 Å². The maximum atomic E-state index is 12.9. The van der Waals surface area contributed by atoms with Crippen LogP contribution in [0.3, 0.4) is 0 Å². The van der Waals surface area contributed by atoms with E-state index >= 15 is 0 Å². The molecule has 0 bridgehead atoms. The maximum absolute atomic E-state index is 12.9. The van der Waals surface area contributed by atoms with E-state index in [1.807, 2.05) is 0 Å². The van der Waals surface area contributed by atoms with Crippen molar-refractivity contribution >= 4 is 5.91 Å². The molecule has 0 spiro atoms. The van der Waals surface area contributed by atoms with Crippen LogP contribution in [0.4, 0.5) is 4.39 Å². The summed E-state index contributed by atoms with van der Waals surface area (Å²) in [4.78, 5) is 12.8. The van der Waals surface area contributed by atoms with Gasteiger partial charge in [0, 0.05) is 6.54 Å². The lowest BCUT2D eigenvalue weighted by molar-refractivity contribution is -0.132. The topological polar surface area (TPSA) is 72.7 Å². The first kappa shape index (κ1) is 14.6. The first-order valence-corrected chi connectivity index (χ1v) is 7.47. The van der Waals surface area contributed by atoms with Gasteiger partial charge in [0.25, 0.3) is 0 Å². The average Bonchev–Trinajstić information content (AvgIpc) is 3.09. The van der Waals surface area contributed by atoms with Crippen molar-refractivity contribution in [3.05, 3.63) is 42.0 Å². The minimum atomic E-state index is -0.707. The monoisotopic (exact) mass is 303 g/mol. The Balaban J connectivity index is 1.74. The van der Waals surface area contributed by atoms with Crippen LogP contribution in [0.2, 0.25) is 0 Å². The van der Waals surface area contributed by atoms with Crippen LogP contribution in [0.15, 0.2) is 30.6 Å². The van der Waals surface area contributed by atoms with Gasteiger partial charge < -0.3 is 5.32 Å². The number of benzene rings is 1. The molecular formula is C15H18FN5O. The van der Waals surface area contributed by atoms with Gasteiger partial charge in [0.2, 0.25) is 5.91 Å². The first-order valence-electron chi connectivity index (χ1n) is 7.47. The van der Waals surface area contributed by atoms with Gasteiger partial charge in [-0.05, 0) is 41.0 Å². The summed E-state index contributed by atoms with van der Waals surface area (Å²) in [5, 5.41) is 14.2. The van der Waals surface area contributed by atoms with Gasteiger partial charge in [-0.25, -0.2) is 9.07 Å². The highest BCUT2D eigenvalue weighted by atomic mass is 19.1. The third-order valence-corrected chi connectivity index (χ3v) is 4.26.